The molecule has 7 nitrogen and oxygen atoms in total. The summed E-state index contributed by atoms with van der Waals surface area (Å²) in [6, 6.07) is 3.22. The van der Waals surface area contributed by atoms with Crippen LogP contribution in [-0.4, -0.2) is 65.3 Å². The Labute approximate surface area is 349 Å². The summed E-state index contributed by atoms with van der Waals surface area (Å²) >= 11 is 33.1. The number of hydrogen-bond donors (Lipinski definition) is 2. The van der Waals surface area contributed by atoms with Crippen molar-refractivity contribution in [3.8, 4) is 28.2 Å². The summed E-state index contributed by atoms with van der Waals surface area (Å²) in [6.45, 7) is 20.2. The summed E-state index contributed by atoms with van der Waals surface area (Å²) in [5.41, 5.74) is 0.423. The maximum absolute atomic E-state index is 12.7. The maximum atomic E-state index is 12.7. The molecule has 0 unspecified atom stereocenters. The Morgan fingerprint density at radius 2 is 1.19 bits per heavy atom. The molecule has 0 radical (unpaired) electrons. The van der Waals surface area contributed by atoms with Crippen LogP contribution in [0.15, 0.2) is 21.3 Å². The van der Waals surface area contributed by atoms with Gasteiger partial charge in [0.25, 0.3) is 0 Å². The number of carboxylic acid groups (broad SMARTS) is 1. The zero-order valence-corrected chi connectivity index (χ0v) is 38.1. The SMILES string of the molecule is CCN(CC)CC.CCN(CC)CC.O=C(O)c1c(Cl)c(Cl)c(Cl)c(Cl)c1-c1c2cc(I)c(=O)c(I)c-2oc2c(I)c(O)c(I)cc12. The monoisotopic (exact) mass is 1170 g/mol. The van der Waals surface area contributed by atoms with Crippen LogP contribution in [0.4, 0.5) is 0 Å². The van der Waals surface area contributed by atoms with Crippen molar-refractivity contribution < 1.29 is 19.4 Å². The summed E-state index contributed by atoms with van der Waals surface area (Å²) in [4.78, 5) is 29.7. The largest absolute Gasteiger partial charge is 0.506 e. The maximum Gasteiger partial charge on any atom is 0.337 e. The molecule has 47 heavy (non-hydrogen) atoms. The molecule has 0 fully saturated rings. The van der Waals surface area contributed by atoms with Crippen molar-refractivity contribution in [2.75, 3.05) is 39.3 Å². The Kier molecular flexibility index (Phi) is 18.4. The second-order valence-electron chi connectivity index (χ2n) is 9.80. The minimum Gasteiger partial charge on any atom is -0.506 e. The minimum absolute atomic E-state index is 0.0163. The van der Waals surface area contributed by atoms with Crippen molar-refractivity contribution in [1.29, 1.82) is 0 Å². The van der Waals surface area contributed by atoms with E-state index in [2.05, 4.69) is 51.3 Å². The summed E-state index contributed by atoms with van der Waals surface area (Å²) in [5.74, 6) is -1.18. The third-order valence-corrected chi connectivity index (χ3v) is 12.8. The molecule has 4 rings (SSSR count). The van der Waals surface area contributed by atoms with Crippen molar-refractivity contribution >= 4 is 154 Å². The highest BCUT2D eigenvalue weighted by molar-refractivity contribution is 14.1. The van der Waals surface area contributed by atoms with Crippen molar-refractivity contribution in [3.05, 3.63) is 62.3 Å². The Bertz CT molecular complexity index is 1760. The normalized spacial score (nSPS) is 11.1. The first kappa shape index (κ1) is 43.6. The number of nitrogens with zero attached hydrogens (tertiary/aromatic N) is 2. The van der Waals surface area contributed by atoms with Gasteiger partial charge in [-0.2, -0.15) is 0 Å². The number of phenols is 1. The van der Waals surface area contributed by atoms with Crippen LogP contribution < -0.4 is 5.43 Å². The van der Waals surface area contributed by atoms with Crippen LogP contribution in [0.5, 0.6) is 5.75 Å². The number of aromatic hydroxyl groups is 1. The van der Waals surface area contributed by atoms with Crippen molar-refractivity contribution in [2.24, 2.45) is 0 Å². The highest BCUT2D eigenvalue weighted by Crippen LogP contribution is 2.52. The first-order valence-corrected chi connectivity index (χ1v) is 20.4. The van der Waals surface area contributed by atoms with E-state index in [1.165, 1.54) is 39.3 Å². The van der Waals surface area contributed by atoms with E-state index in [0.717, 1.165) is 0 Å². The predicted molar refractivity (Wildman–Crippen MR) is 231 cm³/mol. The number of fused-ring (bicyclic) bond motifs is 2. The van der Waals surface area contributed by atoms with Gasteiger partial charge in [0, 0.05) is 22.1 Å². The molecule has 2 N–H and O–H groups in total. The van der Waals surface area contributed by atoms with Gasteiger partial charge in [0.05, 0.1) is 36.4 Å². The van der Waals surface area contributed by atoms with Gasteiger partial charge in [-0.15, -0.1) is 0 Å². The van der Waals surface area contributed by atoms with E-state index < -0.39 is 5.97 Å². The molecular weight excluding hydrogens is 1140 g/mol. The van der Waals surface area contributed by atoms with Gasteiger partial charge in [0.15, 0.2) is 11.3 Å². The molecule has 1 heterocycles. The van der Waals surface area contributed by atoms with E-state index in [-0.39, 0.29) is 57.3 Å². The number of benzene rings is 3. The zero-order chi connectivity index (χ0) is 35.9. The zero-order valence-electron chi connectivity index (χ0n) is 26.4. The van der Waals surface area contributed by atoms with Crippen molar-refractivity contribution in [2.45, 2.75) is 41.5 Å². The Morgan fingerprint density at radius 1 is 0.723 bits per heavy atom. The molecule has 2 aliphatic rings. The lowest BCUT2D eigenvalue weighted by atomic mass is 9.90. The summed E-state index contributed by atoms with van der Waals surface area (Å²) < 4.78 is 7.64. The van der Waals surface area contributed by atoms with Gasteiger partial charge in [-0.1, -0.05) is 87.9 Å². The Hall–Kier alpha value is 0.400. The Morgan fingerprint density at radius 3 is 1.62 bits per heavy atom. The van der Waals surface area contributed by atoms with E-state index in [9.17, 15) is 19.8 Å². The highest BCUT2D eigenvalue weighted by Gasteiger charge is 2.32. The Balaban J connectivity index is 0.000000459. The quantitative estimate of drug-likeness (QED) is 0.0786. The first-order valence-electron chi connectivity index (χ1n) is 14.6. The molecule has 0 saturated carbocycles. The fourth-order valence-electron chi connectivity index (χ4n) is 4.67. The molecule has 0 aromatic heterocycles. The van der Waals surface area contributed by atoms with Gasteiger partial charge >= 0.3 is 5.97 Å². The smallest absolute Gasteiger partial charge is 0.337 e. The van der Waals surface area contributed by atoms with Crippen LogP contribution in [0.2, 0.25) is 20.1 Å². The van der Waals surface area contributed by atoms with E-state index in [4.69, 9.17) is 50.8 Å². The lowest BCUT2D eigenvalue weighted by Crippen LogP contribution is -2.21. The topological polar surface area (TPSA) is 94.2 Å². The van der Waals surface area contributed by atoms with Crippen LogP contribution in [0.25, 0.3) is 33.4 Å². The molecule has 2 aromatic carbocycles. The average Bonchev–Trinajstić information content (AvgIpc) is 3.05. The molecule has 0 bridgehead atoms. The fraction of sp³-hybridized carbons (Fsp3) is 0.375. The standard InChI is InChI=1S/C20H4Cl4I4O5.2C6H15N/c21-10-8(9(20(31)32)11(22)13(24)12(10)23)7-3-1-5(25)16(29)14(27)18(3)33-19-4(7)2-6(26)17(30)15(19)28;2*1-4-7(5-2)6-3/h1-2,29H,(H,31,32);2*4-6H2,1-3H3. The second kappa shape index (κ2) is 19.9. The number of phenolic OH excluding ortho intramolecular Hbond substituents is 1. The van der Waals surface area contributed by atoms with Crippen LogP contribution in [0.3, 0.4) is 0 Å². The minimum atomic E-state index is -1.37. The van der Waals surface area contributed by atoms with E-state index in [1.54, 1.807) is 12.1 Å². The first-order chi connectivity index (χ1) is 22.1. The van der Waals surface area contributed by atoms with Crippen LogP contribution in [0.1, 0.15) is 51.9 Å². The molecule has 0 saturated heterocycles. The van der Waals surface area contributed by atoms with Gasteiger partial charge in [-0.25, -0.2) is 4.79 Å². The molecule has 2 aromatic rings. The second-order valence-corrected chi connectivity index (χ2v) is 15.8. The van der Waals surface area contributed by atoms with E-state index in [1.807, 2.05) is 90.4 Å². The molecule has 15 heteroatoms. The summed E-state index contributed by atoms with van der Waals surface area (Å²) in [5, 5.41) is 20.3. The number of carbonyl (C=O) groups is 1. The molecule has 0 amide bonds. The van der Waals surface area contributed by atoms with Gasteiger partial charge in [-0.3, -0.25) is 4.79 Å². The third-order valence-electron chi connectivity index (χ3n) is 7.44. The van der Waals surface area contributed by atoms with E-state index in [0.29, 0.717) is 27.2 Å². The number of rotatable bonds is 8. The number of halogens is 8. The molecular formula is C32H34Cl4I4N2O5. The summed E-state index contributed by atoms with van der Waals surface area (Å²) in [7, 11) is 0. The van der Waals surface area contributed by atoms with Crippen molar-refractivity contribution in [3.63, 3.8) is 0 Å². The molecule has 0 spiro atoms. The van der Waals surface area contributed by atoms with E-state index >= 15 is 0 Å². The summed E-state index contributed by atoms with van der Waals surface area (Å²) in [6.07, 6.45) is 0. The highest BCUT2D eigenvalue weighted by atomic mass is 127. The predicted octanol–water partition coefficient (Wildman–Crippen LogP) is 11.7. The van der Waals surface area contributed by atoms with Gasteiger partial charge in [-0.05, 0) is 142 Å². The molecule has 1 aliphatic heterocycles. The molecule has 0 atom stereocenters. The van der Waals surface area contributed by atoms with Gasteiger partial charge in [0.2, 0.25) is 5.43 Å². The van der Waals surface area contributed by atoms with Crippen LogP contribution in [0, 0.1) is 14.3 Å². The van der Waals surface area contributed by atoms with Crippen molar-refractivity contribution in [1.82, 2.24) is 9.80 Å². The molecule has 1 aliphatic carbocycles. The van der Waals surface area contributed by atoms with Crippen LogP contribution >= 0.6 is 137 Å². The van der Waals surface area contributed by atoms with Gasteiger partial charge in [0.1, 0.15) is 9.32 Å². The van der Waals surface area contributed by atoms with Gasteiger partial charge < -0.3 is 24.4 Å². The number of hydrogen-bond acceptors (Lipinski definition) is 6. The fourth-order valence-corrected chi connectivity index (χ4v) is 9.28. The lowest BCUT2D eigenvalue weighted by molar-refractivity contribution is 0.0698. The molecule has 258 valence electrons. The number of aromatic carboxylic acids is 1. The number of carboxylic acids is 1. The lowest BCUT2D eigenvalue weighted by Gasteiger charge is -2.21. The third kappa shape index (κ3) is 9.84. The average molecular weight is 1180 g/mol. The van der Waals surface area contributed by atoms with Crippen LogP contribution in [-0.2, 0) is 0 Å².